The molecule has 2 amide bonds. The smallest absolute Gasteiger partial charge is 0.289 e. The summed E-state index contributed by atoms with van der Waals surface area (Å²) in [6.07, 6.45) is 2.84. The Balaban J connectivity index is 1.49. The highest BCUT2D eigenvalue weighted by Gasteiger charge is 2.31. The van der Waals surface area contributed by atoms with Crippen LogP contribution in [0.3, 0.4) is 0 Å². The van der Waals surface area contributed by atoms with Crippen LogP contribution in [0, 0.1) is 6.92 Å². The van der Waals surface area contributed by atoms with Crippen molar-refractivity contribution in [1.29, 1.82) is 0 Å². The van der Waals surface area contributed by atoms with Crippen molar-refractivity contribution in [2.75, 3.05) is 13.1 Å². The molecule has 1 aromatic heterocycles. The van der Waals surface area contributed by atoms with E-state index in [9.17, 15) is 9.59 Å². The summed E-state index contributed by atoms with van der Waals surface area (Å²) < 4.78 is 5.48. The van der Waals surface area contributed by atoms with Crippen LogP contribution < -0.4 is 5.32 Å². The highest BCUT2D eigenvalue weighted by atomic mass is 16.4. The van der Waals surface area contributed by atoms with Crippen LogP contribution in [0.15, 0.2) is 34.7 Å². The fourth-order valence-corrected chi connectivity index (χ4v) is 3.27. The molecule has 6 nitrogen and oxygen atoms in total. The average molecular weight is 355 g/mol. The van der Waals surface area contributed by atoms with Gasteiger partial charge in [0.05, 0.1) is 11.7 Å². The van der Waals surface area contributed by atoms with Crippen molar-refractivity contribution >= 4 is 11.8 Å². The zero-order valence-electron chi connectivity index (χ0n) is 15.3. The summed E-state index contributed by atoms with van der Waals surface area (Å²) in [7, 11) is 0. The molecule has 138 valence electrons. The van der Waals surface area contributed by atoms with E-state index in [4.69, 9.17) is 4.42 Å². The van der Waals surface area contributed by atoms with Crippen LogP contribution in [0.2, 0.25) is 0 Å². The number of likely N-dealkylation sites (tertiary alicyclic amines) is 1. The molecular formula is C20H25N3O3. The summed E-state index contributed by atoms with van der Waals surface area (Å²) in [5.74, 6) is 0.597. The van der Waals surface area contributed by atoms with E-state index in [0.29, 0.717) is 37.5 Å². The van der Waals surface area contributed by atoms with Crippen molar-refractivity contribution < 1.29 is 14.0 Å². The highest BCUT2D eigenvalue weighted by molar-refractivity contribution is 5.93. The molecule has 0 saturated carbocycles. The van der Waals surface area contributed by atoms with Gasteiger partial charge in [-0.1, -0.05) is 37.3 Å². The van der Waals surface area contributed by atoms with Crippen LogP contribution in [0.5, 0.6) is 0 Å². The monoisotopic (exact) mass is 355 g/mol. The molecule has 1 aromatic carbocycles. The number of carbonyl (C=O) groups excluding carboxylic acids is 2. The van der Waals surface area contributed by atoms with Crippen LogP contribution in [0.25, 0.3) is 0 Å². The Morgan fingerprint density at radius 1 is 1.35 bits per heavy atom. The molecule has 1 N–H and O–H groups in total. The summed E-state index contributed by atoms with van der Waals surface area (Å²) in [6.45, 7) is 4.94. The van der Waals surface area contributed by atoms with Gasteiger partial charge in [0.25, 0.3) is 5.91 Å². The fourth-order valence-electron chi connectivity index (χ4n) is 3.27. The second-order valence-electron chi connectivity index (χ2n) is 6.68. The number of hydrogen-bond donors (Lipinski definition) is 1. The maximum Gasteiger partial charge on any atom is 0.289 e. The minimum atomic E-state index is -0.293. The molecule has 26 heavy (non-hydrogen) atoms. The third kappa shape index (κ3) is 4.31. The second kappa shape index (κ2) is 8.17. The van der Waals surface area contributed by atoms with E-state index in [1.54, 1.807) is 6.92 Å². The largest absolute Gasteiger partial charge is 0.435 e. The maximum atomic E-state index is 12.4. The van der Waals surface area contributed by atoms with E-state index in [1.165, 1.54) is 5.56 Å². The Labute approximate surface area is 153 Å². The van der Waals surface area contributed by atoms with Gasteiger partial charge in [-0.2, -0.15) is 0 Å². The summed E-state index contributed by atoms with van der Waals surface area (Å²) in [4.78, 5) is 30.6. The Hall–Kier alpha value is -2.63. The molecule has 0 aliphatic carbocycles. The lowest BCUT2D eigenvalue weighted by atomic mass is 10.1. The zero-order valence-corrected chi connectivity index (χ0v) is 15.3. The van der Waals surface area contributed by atoms with Crippen molar-refractivity contribution in [1.82, 2.24) is 15.2 Å². The number of aryl methyl sites for hydroxylation is 3. The standard InChI is InChI=1S/C20H25N3O3/c1-3-17-21-14(2)19(26-17)20(25)22-16-12-18(24)23(13-16)11-7-10-15-8-5-4-6-9-15/h4-6,8-9,16H,3,7,10-13H2,1-2H3,(H,22,25). The van der Waals surface area contributed by atoms with Crippen LogP contribution in [0.1, 0.15) is 47.5 Å². The number of hydrogen-bond acceptors (Lipinski definition) is 4. The Kier molecular flexibility index (Phi) is 5.71. The molecule has 3 rings (SSSR count). The Morgan fingerprint density at radius 3 is 2.81 bits per heavy atom. The highest BCUT2D eigenvalue weighted by Crippen LogP contribution is 2.15. The third-order valence-electron chi connectivity index (χ3n) is 4.64. The lowest BCUT2D eigenvalue weighted by Crippen LogP contribution is -2.37. The first kappa shape index (κ1) is 18.2. The molecule has 2 aromatic rings. The molecule has 1 fully saturated rings. The summed E-state index contributed by atoms with van der Waals surface area (Å²) >= 11 is 0. The van der Waals surface area contributed by atoms with E-state index in [2.05, 4.69) is 22.4 Å². The van der Waals surface area contributed by atoms with Gasteiger partial charge >= 0.3 is 0 Å². The van der Waals surface area contributed by atoms with Gasteiger partial charge in [-0.3, -0.25) is 9.59 Å². The number of aromatic nitrogens is 1. The van der Waals surface area contributed by atoms with Gasteiger partial charge in [-0.05, 0) is 25.3 Å². The summed E-state index contributed by atoms with van der Waals surface area (Å²) in [5.41, 5.74) is 1.86. The van der Waals surface area contributed by atoms with Crippen molar-refractivity contribution in [2.24, 2.45) is 0 Å². The Morgan fingerprint density at radius 2 is 2.12 bits per heavy atom. The van der Waals surface area contributed by atoms with E-state index in [0.717, 1.165) is 12.8 Å². The predicted octanol–water partition coefficient (Wildman–Crippen LogP) is 2.51. The van der Waals surface area contributed by atoms with Crippen molar-refractivity contribution in [3.8, 4) is 0 Å². The normalized spacial score (nSPS) is 16.9. The van der Waals surface area contributed by atoms with Crippen molar-refractivity contribution in [3.63, 3.8) is 0 Å². The van der Waals surface area contributed by atoms with E-state index < -0.39 is 0 Å². The lowest BCUT2D eigenvalue weighted by molar-refractivity contribution is -0.127. The molecule has 6 heteroatoms. The van der Waals surface area contributed by atoms with Gasteiger partial charge in [0.2, 0.25) is 11.7 Å². The quantitative estimate of drug-likeness (QED) is 0.828. The van der Waals surface area contributed by atoms with Crippen LogP contribution in [-0.2, 0) is 17.6 Å². The SMILES string of the molecule is CCc1nc(C)c(C(=O)NC2CC(=O)N(CCCc3ccccc3)C2)o1. The molecule has 0 spiro atoms. The predicted molar refractivity (Wildman–Crippen MR) is 97.8 cm³/mol. The number of rotatable bonds is 7. The molecule has 1 aliphatic rings. The van der Waals surface area contributed by atoms with Gasteiger partial charge in [-0.15, -0.1) is 0 Å². The van der Waals surface area contributed by atoms with Crippen LogP contribution in [-0.4, -0.2) is 40.8 Å². The third-order valence-corrected chi connectivity index (χ3v) is 4.64. The molecule has 2 heterocycles. The Bertz CT molecular complexity index is 770. The molecule has 1 aliphatic heterocycles. The van der Waals surface area contributed by atoms with Gasteiger partial charge in [0.15, 0.2) is 5.89 Å². The fraction of sp³-hybridized carbons (Fsp3) is 0.450. The lowest BCUT2D eigenvalue weighted by Gasteiger charge is -2.17. The number of oxazole rings is 1. The van der Waals surface area contributed by atoms with Crippen molar-refractivity contribution in [2.45, 2.75) is 45.6 Å². The summed E-state index contributed by atoms with van der Waals surface area (Å²) in [6, 6.07) is 10.1. The minimum absolute atomic E-state index is 0.0897. The average Bonchev–Trinajstić information content (AvgIpc) is 3.18. The summed E-state index contributed by atoms with van der Waals surface area (Å²) in [5, 5.41) is 2.91. The number of carbonyl (C=O) groups is 2. The van der Waals surface area contributed by atoms with Crippen LogP contribution >= 0.6 is 0 Å². The van der Waals surface area contributed by atoms with Gasteiger partial charge in [0, 0.05) is 25.9 Å². The molecule has 1 saturated heterocycles. The van der Waals surface area contributed by atoms with Gasteiger partial charge < -0.3 is 14.6 Å². The molecule has 0 radical (unpaired) electrons. The molecule has 1 atom stereocenters. The molecule has 1 unspecified atom stereocenters. The first-order valence-electron chi connectivity index (χ1n) is 9.15. The molecular weight excluding hydrogens is 330 g/mol. The number of nitrogens with one attached hydrogen (secondary N) is 1. The van der Waals surface area contributed by atoms with Gasteiger partial charge in [0.1, 0.15) is 0 Å². The van der Waals surface area contributed by atoms with E-state index in [-0.39, 0.29) is 23.6 Å². The van der Waals surface area contributed by atoms with Crippen LogP contribution in [0.4, 0.5) is 0 Å². The van der Waals surface area contributed by atoms with Crippen molar-refractivity contribution in [3.05, 3.63) is 53.2 Å². The molecule has 0 bridgehead atoms. The van der Waals surface area contributed by atoms with E-state index >= 15 is 0 Å². The number of amides is 2. The van der Waals surface area contributed by atoms with Gasteiger partial charge in [-0.25, -0.2) is 4.98 Å². The number of benzene rings is 1. The van der Waals surface area contributed by atoms with E-state index in [1.807, 2.05) is 30.0 Å². The topological polar surface area (TPSA) is 75.4 Å². The minimum Gasteiger partial charge on any atom is -0.435 e. The second-order valence-corrected chi connectivity index (χ2v) is 6.68. The number of nitrogens with zero attached hydrogens (tertiary/aromatic N) is 2. The first-order chi connectivity index (χ1) is 12.6. The first-order valence-corrected chi connectivity index (χ1v) is 9.15. The zero-order chi connectivity index (χ0) is 18.5. The maximum absolute atomic E-state index is 12.4.